The highest BCUT2D eigenvalue weighted by Gasteiger charge is 2.06. The van der Waals surface area contributed by atoms with Crippen molar-refractivity contribution in [3.8, 4) is 0 Å². The highest BCUT2D eigenvalue weighted by Crippen LogP contribution is 2.17. The van der Waals surface area contributed by atoms with Gasteiger partial charge < -0.3 is 0 Å². The molecule has 0 aromatic heterocycles. The van der Waals surface area contributed by atoms with E-state index in [0.29, 0.717) is 0 Å². The third kappa shape index (κ3) is 1.06. The summed E-state index contributed by atoms with van der Waals surface area (Å²) in [6.45, 7) is 1.97. The lowest BCUT2D eigenvalue weighted by Gasteiger charge is -1.78. The van der Waals surface area contributed by atoms with Crippen molar-refractivity contribution in [2.45, 2.75) is 6.92 Å². The minimum absolute atomic E-state index is 0.206. The fraction of sp³-hybridized carbons (Fsp3) is 0.400. The molecule has 1 rings (SSSR count). The van der Waals surface area contributed by atoms with Crippen molar-refractivity contribution < 1.29 is 4.79 Å². The van der Waals surface area contributed by atoms with Crippen LogP contribution in [0.1, 0.15) is 6.92 Å². The van der Waals surface area contributed by atoms with Crippen LogP contribution in [0, 0.1) is 0 Å². The van der Waals surface area contributed by atoms with Gasteiger partial charge in [0.1, 0.15) is 0 Å². The molecular weight excluding hydrogens is 108 g/mol. The molecule has 0 fully saturated rings. The SMILES string of the molecule is CC1=CC(=O)SC1. The third-order valence-corrected chi connectivity index (χ3v) is 1.81. The van der Waals surface area contributed by atoms with Crippen LogP contribution in [0.2, 0.25) is 0 Å². The fourth-order valence-corrected chi connectivity index (χ4v) is 1.21. The van der Waals surface area contributed by atoms with E-state index in [9.17, 15) is 4.79 Å². The van der Waals surface area contributed by atoms with Gasteiger partial charge in [-0.05, 0) is 13.0 Å². The Labute approximate surface area is 46.8 Å². The van der Waals surface area contributed by atoms with Gasteiger partial charge in [-0.25, -0.2) is 0 Å². The molecule has 0 amide bonds. The summed E-state index contributed by atoms with van der Waals surface area (Å²) >= 11 is 1.37. The number of hydrogen-bond donors (Lipinski definition) is 0. The van der Waals surface area contributed by atoms with Gasteiger partial charge in [0.15, 0.2) is 0 Å². The lowest BCUT2D eigenvalue weighted by Crippen LogP contribution is -1.72. The Bertz CT molecular complexity index is 126. The van der Waals surface area contributed by atoms with Crippen molar-refractivity contribution in [3.63, 3.8) is 0 Å². The smallest absolute Gasteiger partial charge is 0.212 e. The summed E-state index contributed by atoms with van der Waals surface area (Å²) in [5, 5.41) is 0.206. The van der Waals surface area contributed by atoms with Crippen LogP contribution in [0.3, 0.4) is 0 Å². The van der Waals surface area contributed by atoms with E-state index < -0.39 is 0 Å². The molecule has 0 radical (unpaired) electrons. The summed E-state index contributed by atoms with van der Waals surface area (Å²) in [5.41, 5.74) is 1.19. The van der Waals surface area contributed by atoms with Gasteiger partial charge in [0.25, 0.3) is 0 Å². The van der Waals surface area contributed by atoms with Gasteiger partial charge in [-0.1, -0.05) is 17.3 Å². The number of carbonyl (C=O) groups excluding carboxylic acids is 1. The van der Waals surface area contributed by atoms with Crippen LogP contribution in [0.5, 0.6) is 0 Å². The van der Waals surface area contributed by atoms with Crippen molar-refractivity contribution in [2.75, 3.05) is 5.75 Å². The van der Waals surface area contributed by atoms with Crippen LogP contribution in [-0.4, -0.2) is 10.9 Å². The second-order valence-electron chi connectivity index (χ2n) is 1.60. The average Bonchev–Trinajstić information content (AvgIpc) is 1.87. The quantitative estimate of drug-likeness (QED) is 0.471. The summed E-state index contributed by atoms with van der Waals surface area (Å²) in [7, 11) is 0. The van der Waals surface area contributed by atoms with E-state index in [1.165, 1.54) is 17.3 Å². The molecule has 1 nitrogen and oxygen atoms in total. The average molecular weight is 114 g/mol. The van der Waals surface area contributed by atoms with Gasteiger partial charge in [0.05, 0.1) is 0 Å². The van der Waals surface area contributed by atoms with Crippen LogP contribution in [0.25, 0.3) is 0 Å². The number of hydrogen-bond acceptors (Lipinski definition) is 2. The molecule has 2 heteroatoms. The maximum Gasteiger partial charge on any atom is 0.212 e. The molecule has 0 aromatic rings. The summed E-state index contributed by atoms with van der Waals surface area (Å²) in [5.74, 6) is 0.902. The monoisotopic (exact) mass is 114 g/mol. The van der Waals surface area contributed by atoms with E-state index in [1.807, 2.05) is 6.92 Å². The zero-order chi connectivity index (χ0) is 5.28. The van der Waals surface area contributed by atoms with Gasteiger partial charge in [-0.2, -0.15) is 0 Å². The van der Waals surface area contributed by atoms with Gasteiger partial charge in [0.2, 0.25) is 5.12 Å². The largest absolute Gasteiger partial charge is 0.282 e. The highest BCUT2D eigenvalue weighted by atomic mass is 32.2. The lowest BCUT2D eigenvalue weighted by atomic mass is 10.3. The Hall–Kier alpha value is -0.240. The molecule has 0 saturated carbocycles. The van der Waals surface area contributed by atoms with Crippen molar-refractivity contribution in [3.05, 3.63) is 11.6 Å². The minimum Gasteiger partial charge on any atom is -0.282 e. The zero-order valence-corrected chi connectivity index (χ0v) is 4.92. The molecule has 0 saturated heterocycles. The molecule has 0 aromatic carbocycles. The first-order chi connectivity index (χ1) is 3.29. The first kappa shape index (κ1) is 4.91. The van der Waals surface area contributed by atoms with E-state index in [2.05, 4.69) is 0 Å². The highest BCUT2D eigenvalue weighted by molar-refractivity contribution is 8.14. The first-order valence-electron chi connectivity index (χ1n) is 2.13. The van der Waals surface area contributed by atoms with Crippen LogP contribution < -0.4 is 0 Å². The van der Waals surface area contributed by atoms with Crippen LogP contribution >= 0.6 is 11.8 Å². The van der Waals surface area contributed by atoms with Crippen LogP contribution in [0.15, 0.2) is 11.6 Å². The normalized spacial score (nSPS) is 20.1. The fourth-order valence-electron chi connectivity index (χ4n) is 0.469. The summed E-state index contributed by atoms with van der Waals surface area (Å²) in [4.78, 5) is 10.3. The Balaban J connectivity index is 2.67. The Morgan fingerprint density at radius 2 is 2.57 bits per heavy atom. The van der Waals surface area contributed by atoms with Crippen molar-refractivity contribution in [1.82, 2.24) is 0 Å². The molecule has 1 aliphatic heterocycles. The second-order valence-corrected chi connectivity index (χ2v) is 2.58. The molecular formula is C5H6OS. The zero-order valence-electron chi connectivity index (χ0n) is 4.10. The Kier molecular flexibility index (Phi) is 1.19. The van der Waals surface area contributed by atoms with Gasteiger partial charge in [-0.3, -0.25) is 4.79 Å². The van der Waals surface area contributed by atoms with Crippen molar-refractivity contribution >= 4 is 16.9 Å². The lowest BCUT2D eigenvalue weighted by molar-refractivity contribution is -0.106. The van der Waals surface area contributed by atoms with E-state index in [-0.39, 0.29) is 5.12 Å². The van der Waals surface area contributed by atoms with Crippen molar-refractivity contribution in [1.29, 1.82) is 0 Å². The van der Waals surface area contributed by atoms with Gasteiger partial charge in [-0.15, -0.1) is 0 Å². The maximum absolute atomic E-state index is 10.3. The van der Waals surface area contributed by atoms with Crippen LogP contribution in [0.4, 0.5) is 0 Å². The molecule has 1 aliphatic rings. The summed E-state index contributed by atoms with van der Waals surface area (Å²) in [6, 6.07) is 0. The third-order valence-electron chi connectivity index (χ3n) is 0.806. The van der Waals surface area contributed by atoms with E-state index in [4.69, 9.17) is 0 Å². The molecule has 0 unspecified atom stereocenters. The topological polar surface area (TPSA) is 17.1 Å². The molecule has 7 heavy (non-hydrogen) atoms. The van der Waals surface area contributed by atoms with E-state index in [1.54, 1.807) is 6.08 Å². The molecule has 0 bridgehead atoms. The van der Waals surface area contributed by atoms with E-state index >= 15 is 0 Å². The minimum atomic E-state index is 0.206. The number of thioether (sulfide) groups is 1. The molecule has 1 heterocycles. The van der Waals surface area contributed by atoms with E-state index in [0.717, 1.165) is 5.75 Å². The number of rotatable bonds is 0. The predicted octanol–water partition coefficient (Wildman–Crippen LogP) is 1.21. The maximum atomic E-state index is 10.3. The van der Waals surface area contributed by atoms with Crippen LogP contribution in [-0.2, 0) is 4.79 Å². The number of carbonyl (C=O) groups is 1. The molecule has 0 spiro atoms. The summed E-state index contributed by atoms with van der Waals surface area (Å²) < 4.78 is 0. The van der Waals surface area contributed by atoms with Crippen molar-refractivity contribution in [2.24, 2.45) is 0 Å². The first-order valence-corrected chi connectivity index (χ1v) is 3.11. The Morgan fingerprint density at radius 1 is 1.86 bits per heavy atom. The summed E-state index contributed by atoms with van der Waals surface area (Å²) in [6.07, 6.45) is 1.69. The molecule has 0 N–H and O–H groups in total. The van der Waals surface area contributed by atoms with Gasteiger partial charge >= 0.3 is 0 Å². The Morgan fingerprint density at radius 3 is 2.71 bits per heavy atom. The second kappa shape index (κ2) is 1.70. The predicted molar refractivity (Wildman–Crippen MR) is 31.2 cm³/mol. The standard InChI is InChI=1S/C5H6OS/c1-4-2-5(6)7-3-4/h2H,3H2,1H3. The molecule has 0 aliphatic carbocycles. The molecule has 38 valence electrons. The van der Waals surface area contributed by atoms with Gasteiger partial charge in [0, 0.05) is 5.75 Å². The molecule has 0 atom stereocenters.